The summed E-state index contributed by atoms with van der Waals surface area (Å²) in [6, 6.07) is 11.5. The maximum atomic E-state index is 6.18. The molecule has 0 saturated carbocycles. The van der Waals surface area contributed by atoms with Gasteiger partial charge in [-0.3, -0.25) is 0 Å². The maximum Gasteiger partial charge on any atom is 0.124 e. The normalized spacial score (nSPS) is 12.2. The Morgan fingerprint density at radius 1 is 1.15 bits per heavy atom. The molecule has 5 heteroatoms. The molecular weight excluding hydrogens is 405 g/mol. The number of hydrogen-bond donors (Lipinski definition) is 1. The van der Waals surface area contributed by atoms with Crippen LogP contribution in [0.25, 0.3) is 0 Å². The van der Waals surface area contributed by atoms with Gasteiger partial charge in [-0.15, -0.1) is 0 Å². The minimum absolute atomic E-state index is 0.0945. The summed E-state index contributed by atoms with van der Waals surface area (Å²) in [5, 5.41) is 0.679. The molecule has 1 unspecified atom stereocenters. The van der Waals surface area contributed by atoms with Gasteiger partial charge in [0.15, 0.2) is 0 Å². The second-order valence-corrected chi connectivity index (χ2v) is 6.73. The summed E-state index contributed by atoms with van der Waals surface area (Å²) >= 11 is 13.0. The third kappa shape index (κ3) is 3.98. The van der Waals surface area contributed by atoms with E-state index >= 15 is 0 Å². The quantitative estimate of drug-likeness (QED) is 0.714. The molecule has 0 aliphatic rings. The lowest BCUT2D eigenvalue weighted by molar-refractivity contribution is 0.301. The van der Waals surface area contributed by atoms with Gasteiger partial charge in [-0.2, -0.15) is 0 Å². The molecule has 0 fully saturated rings. The van der Waals surface area contributed by atoms with Crippen molar-refractivity contribution >= 4 is 43.5 Å². The van der Waals surface area contributed by atoms with Crippen LogP contribution in [-0.2, 0) is 6.61 Å². The van der Waals surface area contributed by atoms with Gasteiger partial charge in [-0.25, -0.2) is 0 Å². The highest BCUT2D eigenvalue weighted by atomic mass is 79.9. The van der Waals surface area contributed by atoms with E-state index in [2.05, 4.69) is 31.9 Å². The summed E-state index contributed by atoms with van der Waals surface area (Å²) in [6.07, 6.45) is 0. The minimum Gasteiger partial charge on any atom is -0.489 e. The zero-order valence-corrected chi connectivity index (χ0v) is 14.8. The van der Waals surface area contributed by atoms with Crippen molar-refractivity contribution in [2.45, 2.75) is 19.6 Å². The fourth-order valence-corrected chi connectivity index (χ4v) is 2.91. The van der Waals surface area contributed by atoms with Gasteiger partial charge in [0.05, 0.1) is 0 Å². The second kappa shape index (κ2) is 6.94. The van der Waals surface area contributed by atoms with E-state index in [0.29, 0.717) is 11.6 Å². The monoisotopic (exact) mass is 417 g/mol. The van der Waals surface area contributed by atoms with Gasteiger partial charge < -0.3 is 10.5 Å². The number of halogens is 3. The molecule has 1 atom stereocenters. The van der Waals surface area contributed by atoms with Gasteiger partial charge in [0.1, 0.15) is 12.4 Å². The van der Waals surface area contributed by atoms with Crippen LogP contribution in [0.3, 0.4) is 0 Å². The molecule has 0 aliphatic heterocycles. The summed E-state index contributed by atoms with van der Waals surface area (Å²) < 4.78 is 7.79. The highest BCUT2D eigenvalue weighted by Gasteiger charge is 2.10. The molecule has 0 bridgehead atoms. The second-order valence-electron chi connectivity index (χ2n) is 4.50. The molecular formula is C15H14Br2ClNO. The maximum absolute atomic E-state index is 6.18. The van der Waals surface area contributed by atoms with Crippen LogP contribution in [0.2, 0.25) is 5.02 Å². The molecule has 0 aliphatic carbocycles. The van der Waals surface area contributed by atoms with Gasteiger partial charge in [-0.05, 0) is 37.3 Å². The number of benzene rings is 2. The van der Waals surface area contributed by atoms with Crippen LogP contribution in [0.5, 0.6) is 5.75 Å². The Hall–Kier alpha value is -0.550. The number of rotatable bonds is 4. The van der Waals surface area contributed by atoms with Gasteiger partial charge in [-0.1, -0.05) is 49.5 Å². The van der Waals surface area contributed by atoms with Gasteiger partial charge >= 0.3 is 0 Å². The first-order chi connectivity index (χ1) is 9.47. The third-order valence-electron chi connectivity index (χ3n) is 2.86. The van der Waals surface area contributed by atoms with E-state index in [1.165, 1.54) is 0 Å². The summed E-state index contributed by atoms with van der Waals surface area (Å²) in [5.41, 5.74) is 7.87. The Morgan fingerprint density at radius 2 is 1.80 bits per heavy atom. The van der Waals surface area contributed by atoms with Gasteiger partial charge in [0.25, 0.3) is 0 Å². The predicted octanol–water partition coefficient (Wildman–Crippen LogP) is 5.46. The molecule has 0 spiro atoms. The van der Waals surface area contributed by atoms with E-state index in [9.17, 15) is 0 Å². The Balaban J connectivity index is 2.18. The van der Waals surface area contributed by atoms with Crippen molar-refractivity contribution in [1.29, 1.82) is 0 Å². The van der Waals surface area contributed by atoms with Crippen molar-refractivity contribution in [2.75, 3.05) is 0 Å². The molecule has 0 radical (unpaired) electrons. The van der Waals surface area contributed by atoms with E-state index in [1.54, 1.807) is 0 Å². The lowest BCUT2D eigenvalue weighted by Gasteiger charge is -2.15. The summed E-state index contributed by atoms with van der Waals surface area (Å²) in [7, 11) is 0. The summed E-state index contributed by atoms with van der Waals surface area (Å²) in [5.74, 6) is 0.780. The van der Waals surface area contributed by atoms with Crippen molar-refractivity contribution in [1.82, 2.24) is 0 Å². The molecule has 2 aromatic carbocycles. The van der Waals surface area contributed by atoms with E-state index < -0.39 is 0 Å². The van der Waals surface area contributed by atoms with Crippen LogP contribution < -0.4 is 10.5 Å². The first-order valence-corrected chi connectivity index (χ1v) is 8.05. The average molecular weight is 420 g/mol. The molecule has 0 heterocycles. The predicted molar refractivity (Wildman–Crippen MR) is 90.2 cm³/mol. The van der Waals surface area contributed by atoms with Crippen molar-refractivity contribution < 1.29 is 4.74 Å². The number of nitrogens with two attached hydrogens (primary N) is 1. The average Bonchev–Trinajstić information content (AvgIpc) is 2.38. The molecule has 2 rings (SSSR count). The lowest BCUT2D eigenvalue weighted by atomic mass is 10.1. The zero-order valence-electron chi connectivity index (χ0n) is 10.9. The Labute approximate surface area is 140 Å². The van der Waals surface area contributed by atoms with Crippen molar-refractivity contribution in [3.8, 4) is 5.75 Å². The Morgan fingerprint density at radius 3 is 2.45 bits per heavy atom. The van der Waals surface area contributed by atoms with E-state index in [-0.39, 0.29) is 6.04 Å². The van der Waals surface area contributed by atoms with Crippen molar-refractivity contribution in [3.63, 3.8) is 0 Å². The lowest BCUT2D eigenvalue weighted by Crippen LogP contribution is -2.08. The van der Waals surface area contributed by atoms with Crippen LogP contribution in [0.4, 0.5) is 0 Å². The molecule has 0 aromatic heterocycles. The van der Waals surface area contributed by atoms with Crippen LogP contribution in [0.1, 0.15) is 24.1 Å². The smallest absolute Gasteiger partial charge is 0.124 e. The van der Waals surface area contributed by atoms with Crippen LogP contribution in [-0.4, -0.2) is 0 Å². The number of ether oxygens (including phenoxy) is 1. The highest BCUT2D eigenvalue weighted by Crippen LogP contribution is 2.29. The van der Waals surface area contributed by atoms with E-state index in [4.69, 9.17) is 22.1 Å². The standard InChI is InChI=1S/C15H14Br2ClNO/c1-9(19)13-6-11(16)4-5-15(13)20-8-10-2-3-12(17)7-14(10)18/h2-7,9H,8,19H2,1H3. The van der Waals surface area contributed by atoms with Crippen LogP contribution >= 0.6 is 43.5 Å². The van der Waals surface area contributed by atoms with Gasteiger partial charge in [0.2, 0.25) is 0 Å². The zero-order chi connectivity index (χ0) is 14.7. The van der Waals surface area contributed by atoms with E-state index in [0.717, 1.165) is 25.8 Å². The molecule has 2 N–H and O–H groups in total. The Kier molecular flexibility index (Phi) is 5.49. The molecule has 0 amide bonds. The molecule has 2 nitrogen and oxygen atoms in total. The van der Waals surface area contributed by atoms with E-state index in [1.807, 2.05) is 43.3 Å². The van der Waals surface area contributed by atoms with Crippen molar-refractivity contribution in [3.05, 3.63) is 61.5 Å². The van der Waals surface area contributed by atoms with Crippen molar-refractivity contribution in [2.24, 2.45) is 5.73 Å². The Bertz CT molecular complexity index is 617. The highest BCUT2D eigenvalue weighted by molar-refractivity contribution is 9.10. The van der Waals surface area contributed by atoms with Crippen LogP contribution in [0, 0.1) is 0 Å². The molecule has 20 heavy (non-hydrogen) atoms. The molecule has 106 valence electrons. The first kappa shape index (κ1) is 15.8. The summed E-state index contributed by atoms with van der Waals surface area (Å²) in [4.78, 5) is 0. The SMILES string of the molecule is CC(N)c1cc(Br)ccc1OCc1ccc(Br)cc1Cl. The first-order valence-electron chi connectivity index (χ1n) is 6.09. The third-order valence-corrected chi connectivity index (χ3v) is 4.20. The minimum atomic E-state index is -0.0945. The molecule has 0 saturated heterocycles. The topological polar surface area (TPSA) is 35.2 Å². The fourth-order valence-electron chi connectivity index (χ4n) is 1.80. The van der Waals surface area contributed by atoms with Crippen LogP contribution in [0.15, 0.2) is 45.3 Å². The fraction of sp³-hybridized carbons (Fsp3) is 0.200. The molecule has 2 aromatic rings. The summed E-state index contributed by atoms with van der Waals surface area (Å²) in [6.45, 7) is 2.34. The van der Waals surface area contributed by atoms with Gasteiger partial charge in [0, 0.05) is 31.1 Å². The largest absolute Gasteiger partial charge is 0.489 e. The number of hydrogen-bond acceptors (Lipinski definition) is 2.